The fraction of sp³-hybridized carbons (Fsp3) is 0.458. The topological polar surface area (TPSA) is 137 Å². The van der Waals surface area contributed by atoms with Gasteiger partial charge in [-0.05, 0) is 43.7 Å². The fourth-order valence-corrected chi connectivity index (χ4v) is 5.82. The third-order valence-electron chi connectivity index (χ3n) is 5.82. The molecule has 41 heavy (non-hydrogen) atoms. The van der Waals surface area contributed by atoms with Gasteiger partial charge in [0.2, 0.25) is 10.0 Å². The van der Waals surface area contributed by atoms with Gasteiger partial charge in [0.1, 0.15) is 16.2 Å². The maximum atomic E-state index is 13.2. The number of sulfonamides is 1. The number of hydrogen-bond donors (Lipinski definition) is 2. The van der Waals surface area contributed by atoms with Crippen LogP contribution in [0, 0.1) is 0 Å². The quantitative estimate of drug-likeness (QED) is 0.494. The van der Waals surface area contributed by atoms with Crippen LogP contribution in [0.2, 0.25) is 0 Å². The zero-order valence-corrected chi connectivity index (χ0v) is 22.5. The van der Waals surface area contributed by atoms with Gasteiger partial charge in [-0.2, -0.15) is 30.6 Å². The van der Waals surface area contributed by atoms with Gasteiger partial charge in [0.15, 0.2) is 0 Å². The molecule has 0 aliphatic carbocycles. The normalized spacial score (nSPS) is 20.5. The highest BCUT2D eigenvalue weighted by molar-refractivity contribution is 7.89. The Bertz CT molecular complexity index is 1280. The molecule has 1 aromatic carbocycles. The average Bonchev–Trinajstić information content (AvgIpc) is 3.20. The summed E-state index contributed by atoms with van der Waals surface area (Å²) in [6, 6.07) is 10.9. The summed E-state index contributed by atoms with van der Waals surface area (Å²) < 4.78 is 97.9. The van der Waals surface area contributed by atoms with Crippen LogP contribution in [-0.2, 0) is 26.2 Å². The number of hydrogen-bond acceptors (Lipinski definition) is 7. The number of pyridine rings is 1. The Kier molecular flexibility index (Phi) is 10.7. The predicted molar refractivity (Wildman–Crippen MR) is 130 cm³/mol. The lowest BCUT2D eigenvalue weighted by atomic mass is 10.0. The molecular weight excluding hydrogens is 588 g/mol. The van der Waals surface area contributed by atoms with Gasteiger partial charge in [0, 0.05) is 44.5 Å². The second-order valence-electron chi connectivity index (χ2n) is 9.30. The number of aliphatic carboxylic acids is 2. The summed E-state index contributed by atoms with van der Waals surface area (Å²) in [6.45, 7) is 6.59. The van der Waals surface area contributed by atoms with Crippen molar-refractivity contribution in [1.82, 2.24) is 14.2 Å². The van der Waals surface area contributed by atoms with Gasteiger partial charge in [-0.3, -0.25) is 9.88 Å². The molecule has 1 unspecified atom stereocenters. The largest absolute Gasteiger partial charge is 0.490 e. The molecule has 1 atom stereocenters. The molecule has 2 aliphatic heterocycles. The Labute approximate surface area is 231 Å². The van der Waals surface area contributed by atoms with Crippen molar-refractivity contribution in [1.29, 1.82) is 0 Å². The number of carboxylic acids is 2. The van der Waals surface area contributed by atoms with Crippen LogP contribution in [0.25, 0.3) is 0 Å². The van der Waals surface area contributed by atoms with Gasteiger partial charge in [0.25, 0.3) is 0 Å². The lowest BCUT2D eigenvalue weighted by molar-refractivity contribution is -0.193. The number of para-hydroxylation sites is 1. The van der Waals surface area contributed by atoms with E-state index >= 15 is 0 Å². The minimum absolute atomic E-state index is 0.129. The first kappa shape index (κ1) is 33.8. The summed E-state index contributed by atoms with van der Waals surface area (Å²) in [5.41, 5.74) is 0.668. The summed E-state index contributed by atoms with van der Waals surface area (Å²) >= 11 is 0. The van der Waals surface area contributed by atoms with Crippen LogP contribution in [0.1, 0.15) is 25.8 Å². The van der Waals surface area contributed by atoms with Crippen LogP contribution in [0.3, 0.4) is 0 Å². The Hall–Kier alpha value is -3.44. The number of aromatic nitrogens is 1. The lowest BCUT2D eigenvalue weighted by Gasteiger charge is -2.33. The van der Waals surface area contributed by atoms with Gasteiger partial charge in [-0.25, -0.2) is 18.0 Å². The highest BCUT2D eigenvalue weighted by atomic mass is 32.2. The molecule has 0 radical (unpaired) electrons. The summed E-state index contributed by atoms with van der Waals surface area (Å²) in [5.74, 6) is -5.05. The molecule has 0 amide bonds. The van der Waals surface area contributed by atoms with E-state index in [1.165, 1.54) is 5.56 Å². The molecule has 3 heterocycles. The molecule has 10 nitrogen and oxygen atoms in total. The highest BCUT2D eigenvalue weighted by Gasteiger charge is 2.48. The summed E-state index contributed by atoms with van der Waals surface area (Å²) in [7, 11) is -3.58. The van der Waals surface area contributed by atoms with E-state index < -0.39 is 39.9 Å². The van der Waals surface area contributed by atoms with Crippen molar-refractivity contribution in [3.63, 3.8) is 0 Å². The van der Waals surface area contributed by atoms with E-state index in [0.29, 0.717) is 18.8 Å². The molecule has 2 aliphatic rings. The number of carboxylic acid groups (broad SMARTS) is 2. The molecule has 0 saturated carbocycles. The van der Waals surface area contributed by atoms with Gasteiger partial charge in [0.05, 0.1) is 6.54 Å². The lowest BCUT2D eigenvalue weighted by Crippen LogP contribution is -2.51. The fourth-order valence-electron chi connectivity index (χ4n) is 3.99. The Morgan fingerprint density at radius 2 is 1.49 bits per heavy atom. The van der Waals surface area contributed by atoms with Crippen molar-refractivity contribution in [2.24, 2.45) is 0 Å². The van der Waals surface area contributed by atoms with Crippen molar-refractivity contribution in [3.05, 3.63) is 54.4 Å². The first-order chi connectivity index (χ1) is 18.8. The van der Waals surface area contributed by atoms with E-state index in [4.69, 9.17) is 24.5 Å². The molecule has 1 aromatic heterocycles. The van der Waals surface area contributed by atoms with Gasteiger partial charge in [-0.1, -0.05) is 12.1 Å². The third-order valence-corrected chi connectivity index (χ3v) is 7.88. The van der Waals surface area contributed by atoms with Crippen LogP contribution in [0.5, 0.6) is 5.75 Å². The number of likely N-dealkylation sites (tertiary alicyclic amines) is 1. The van der Waals surface area contributed by atoms with E-state index in [1.807, 2.05) is 32.0 Å². The number of alkyl halides is 6. The van der Waals surface area contributed by atoms with Gasteiger partial charge in [-0.15, -0.1) is 0 Å². The third kappa shape index (κ3) is 9.29. The number of nitrogens with zero attached hydrogens (tertiary/aromatic N) is 3. The van der Waals surface area contributed by atoms with Crippen molar-refractivity contribution in [3.8, 4) is 5.75 Å². The average molecular weight is 616 g/mol. The molecule has 2 N–H and O–H groups in total. The van der Waals surface area contributed by atoms with E-state index in [-0.39, 0.29) is 10.9 Å². The second-order valence-corrected chi connectivity index (χ2v) is 11.2. The van der Waals surface area contributed by atoms with E-state index in [0.717, 1.165) is 19.5 Å². The standard InChI is InChI=1S/C20H25N3O3S.2C2HF3O2/c1-16(2)23-15-20(26-18-5-3-4-6-19(18)27(23,24)25)9-12-22(14-20)13-17-7-10-21-11-8-17;2*3-2(4,5)1(6)7/h3-8,10-11,16H,9,12-15H2,1-2H3;2*(H,6,7). The number of benzene rings is 1. The summed E-state index contributed by atoms with van der Waals surface area (Å²) in [5, 5.41) is 14.2. The maximum Gasteiger partial charge on any atom is 0.490 e. The van der Waals surface area contributed by atoms with Gasteiger partial charge < -0.3 is 14.9 Å². The number of rotatable bonds is 3. The van der Waals surface area contributed by atoms with Crippen LogP contribution in [-0.4, -0.2) is 88.4 Å². The summed E-state index contributed by atoms with van der Waals surface area (Å²) in [4.78, 5) is 24.5. The number of halogens is 6. The molecular formula is C24H27F6N3O7S. The zero-order valence-electron chi connectivity index (χ0n) is 21.7. The molecule has 1 fully saturated rings. The van der Waals surface area contributed by atoms with Crippen LogP contribution in [0.15, 0.2) is 53.7 Å². The number of ether oxygens (including phenoxy) is 1. The monoisotopic (exact) mass is 615 g/mol. The van der Waals surface area contributed by atoms with E-state index in [1.54, 1.807) is 34.9 Å². The minimum atomic E-state index is -5.08. The second kappa shape index (κ2) is 13.0. The molecule has 4 rings (SSSR count). The molecule has 2 aromatic rings. The van der Waals surface area contributed by atoms with E-state index in [9.17, 15) is 34.8 Å². The van der Waals surface area contributed by atoms with Crippen LogP contribution < -0.4 is 4.74 Å². The SMILES string of the molecule is CC(C)N1CC2(CCN(Cc3ccncc3)C2)Oc2ccccc2S1(=O)=O.O=C(O)C(F)(F)F.O=C(O)C(F)(F)F. The number of fused-ring (bicyclic) bond motifs is 1. The van der Waals surface area contributed by atoms with Crippen molar-refractivity contribution >= 4 is 22.0 Å². The van der Waals surface area contributed by atoms with Crippen LogP contribution in [0.4, 0.5) is 26.3 Å². The Morgan fingerprint density at radius 1 is 0.976 bits per heavy atom. The zero-order chi connectivity index (χ0) is 31.2. The first-order valence-corrected chi connectivity index (χ1v) is 13.2. The Balaban J connectivity index is 0.000000349. The number of carbonyl (C=O) groups is 2. The smallest absolute Gasteiger partial charge is 0.483 e. The minimum Gasteiger partial charge on any atom is -0.483 e. The Morgan fingerprint density at radius 3 is 1.98 bits per heavy atom. The van der Waals surface area contributed by atoms with Crippen molar-refractivity contribution < 1.29 is 59.3 Å². The van der Waals surface area contributed by atoms with Crippen molar-refractivity contribution in [2.75, 3.05) is 19.6 Å². The molecule has 0 bridgehead atoms. The predicted octanol–water partition coefficient (Wildman–Crippen LogP) is 3.78. The van der Waals surface area contributed by atoms with E-state index in [2.05, 4.69) is 9.88 Å². The van der Waals surface area contributed by atoms with Crippen molar-refractivity contribution in [2.45, 2.75) is 55.7 Å². The highest BCUT2D eigenvalue weighted by Crippen LogP contribution is 2.39. The molecule has 17 heteroatoms. The first-order valence-electron chi connectivity index (χ1n) is 11.8. The summed E-state index contributed by atoms with van der Waals surface area (Å²) in [6.07, 6.45) is -5.77. The van der Waals surface area contributed by atoms with Gasteiger partial charge >= 0.3 is 24.3 Å². The van der Waals surface area contributed by atoms with Crippen LogP contribution >= 0.6 is 0 Å². The molecule has 1 spiro atoms. The maximum absolute atomic E-state index is 13.2. The molecule has 228 valence electrons. The molecule has 1 saturated heterocycles.